The Balaban J connectivity index is 1.20. The smallest absolute Gasteiger partial charge is 0.382 e. The molecule has 1 aliphatic rings. The fourth-order valence-corrected chi connectivity index (χ4v) is 4.64. The number of hydrogen-bond acceptors (Lipinski definition) is 9. The maximum absolute atomic E-state index is 12.4. The molecule has 0 radical (unpaired) electrons. The molecule has 4 rings (SSSR count). The average molecular weight is 501 g/mol. The Hall–Kier alpha value is -3.15. The maximum Gasteiger partial charge on any atom is 0.432 e. The van der Waals surface area contributed by atoms with Crippen molar-refractivity contribution in [1.82, 2.24) is 30.1 Å². The molecule has 5 N–H and O–H groups in total. The summed E-state index contributed by atoms with van der Waals surface area (Å²) in [6.07, 6.45) is 8.14. The predicted octanol–water partition coefficient (Wildman–Crippen LogP) is 1.91. The van der Waals surface area contributed by atoms with E-state index in [1.54, 1.807) is 6.33 Å². The fraction of sp³-hybridized carbons (Fsp3) is 0.364. The Morgan fingerprint density at radius 2 is 2.09 bits per heavy atom. The Labute approximate surface area is 202 Å². The number of anilines is 1. The number of nitrogens with two attached hydrogens (primary N) is 1. The van der Waals surface area contributed by atoms with Gasteiger partial charge in [0.25, 0.3) is 0 Å². The highest BCUT2D eigenvalue weighted by molar-refractivity contribution is 7.51. The number of imidazole rings is 1. The van der Waals surface area contributed by atoms with Gasteiger partial charge in [-0.25, -0.2) is 19.5 Å². The van der Waals surface area contributed by atoms with Gasteiger partial charge in [-0.15, -0.1) is 0 Å². The van der Waals surface area contributed by atoms with Gasteiger partial charge in [0.05, 0.1) is 25.6 Å². The highest BCUT2D eigenvalue weighted by Crippen LogP contribution is 2.39. The quantitative estimate of drug-likeness (QED) is 0.132. The lowest BCUT2D eigenvalue weighted by Gasteiger charge is -2.19. The Morgan fingerprint density at radius 1 is 1.29 bits per heavy atom. The van der Waals surface area contributed by atoms with Crippen molar-refractivity contribution in [2.45, 2.75) is 31.8 Å². The molecule has 0 spiro atoms. The minimum Gasteiger partial charge on any atom is -0.382 e. The fourth-order valence-electron chi connectivity index (χ4n) is 3.71. The number of carbonyl (C=O) groups is 1. The van der Waals surface area contributed by atoms with Crippen LogP contribution in [0, 0.1) is 5.92 Å². The van der Waals surface area contributed by atoms with Gasteiger partial charge >= 0.3 is 7.75 Å². The third-order valence-corrected chi connectivity index (χ3v) is 6.60. The molecule has 0 bridgehead atoms. The van der Waals surface area contributed by atoms with Crippen LogP contribution in [0.4, 0.5) is 5.82 Å². The van der Waals surface area contributed by atoms with Gasteiger partial charge in [0.15, 0.2) is 11.5 Å². The third-order valence-electron chi connectivity index (χ3n) is 5.60. The first-order chi connectivity index (χ1) is 16.8. The normalized spacial score (nSPS) is 20.1. The molecule has 13 heteroatoms. The third kappa shape index (κ3) is 6.50. The van der Waals surface area contributed by atoms with Crippen molar-refractivity contribution >= 4 is 30.6 Å². The number of nitrogen functional groups attached to an aromatic ring is 1. The van der Waals surface area contributed by atoms with Gasteiger partial charge in [0.1, 0.15) is 17.9 Å². The number of benzene rings is 1. The second kappa shape index (κ2) is 11.1. The topological polar surface area (TPSA) is 167 Å². The second-order valence-corrected chi connectivity index (χ2v) is 9.77. The number of amides is 1. The van der Waals surface area contributed by atoms with E-state index in [0.717, 1.165) is 5.56 Å². The molecule has 1 aromatic carbocycles. The summed E-state index contributed by atoms with van der Waals surface area (Å²) in [4.78, 5) is 40.1. The number of nitrogens with zero attached hydrogens (tertiary/aromatic N) is 4. The lowest BCUT2D eigenvalue weighted by Crippen LogP contribution is -2.41. The first-order valence-electron chi connectivity index (χ1n) is 11.1. The van der Waals surface area contributed by atoms with Crippen LogP contribution >= 0.6 is 7.75 Å². The number of hydroxylamine groups is 1. The largest absolute Gasteiger partial charge is 0.432 e. The van der Waals surface area contributed by atoms with Crippen LogP contribution < -0.4 is 16.3 Å². The van der Waals surface area contributed by atoms with E-state index >= 15 is 0 Å². The number of carbonyl (C=O) groups excluding carboxylic acids is 1. The Morgan fingerprint density at radius 3 is 2.89 bits per heavy atom. The second-order valence-electron chi connectivity index (χ2n) is 8.25. The molecular weight excluding hydrogens is 473 g/mol. The number of rotatable bonds is 11. The van der Waals surface area contributed by atoms with Crippen molar-refractivity contribution in [3.05, 3.63) is 60.7 Å². The van der Waals surface area contributed by atoms with Crippen molar-refractivity contribution in [3.63, 3.8) is 0 Å². The minimum atomic E-state index is -4.35. The lowest BCUT2D eigenvalue weighted by atomic mass is 10.1. The molecule has 4 atom stereocenters. The monoisotopic (exact) mass is 501 g/mol. The van der Waals surface area contributed by atoms with Gasteiger partial charge in [-0.3, -0.25) is 14.4 Å². The summed E-state index contributed by atoms with van der Waals surface area (Å²) < 4.78 is 19.4. The molecule has 0 fully saturated rings. The van der Waals surface area contributed by atoms with E-state index in [2.05, 4.69) is 20.4 Å². The standard InChI is InChI=1S/C22H28N7O5P/c1-15(27-33-10-9-16-5-3-2-4-6-16)22(30)28-35(31,32)34-12-17-7-8-18(11-17)29-14-26-19-20(23)24-13-25-21(19)29/h2-8,13-15,17-18,27H,9-12H2,1H3,(H2,23,24,25)(H2,28,30,31,32)/t15-,17-,18+/m0/s1. The molecule has 1 unspecified atom stereocenters. The van der Waals surface area contributed by atoms with Gasteiger partial charge < -0.3 is 20.0 Å². The van der Waals surface area contributed by atoms with Crippen LogP contribution in [-0.4, -0.2) is 49.6 Å². The van der Waals surface area contributed by atoms with Crippen LogP contribution in [0.15, 0.2) is 55.1 Å². The van der Waals surface area contributed by atoms with Crippen molar-refractivity contribution in [1.29, 1.82) is 0 Å². The average Bonchev–Trinajstić information content (AvgIpc) is 3.48. The van der Waals surface area contributed by atoms with E-state index in [0.29, 0.717) is 36.4 Å². The molecule has 2 aromatic heterocycles. The van der Waals surface area contributed by atoms with Crippen molar-refractivity contribution < 1.29 is 23.6 Å². The van der Waals surface area contributed by atoms with Crippen LogP contribution in [0.2, 0.25) is 0 Å². The molecule has 12 nitrogen and oxygen atoms in total. The Kier molecular flexibility index (Phi) is 7.89. The summed E-state index contributed by atoms with van der Waals surface area (Å²) in [7, 11) is -4.35. The summed E-state index contributed by atoms with van der Waals surface area (Å²) in [5, 5.41) is 2.05. The van der Waals surface area contributed by atoms with Crippen molar-refractivity contribution in [2.24, 2.45) is 5.92 Å². The van der Waals surface area contributed by atoms with Crippen LogP contribution in [-0.2, 0) is 25.1 Å². The van der Waals surface area contributed by atoms with Gasteiger partial charge in [-0.05, 0) is 25.3 Å². The molecule has 0 aliphatic heterocycles. The van der Waals surface area contributed by atoms with Gasteiger partial charge in [0, 0.05) is 5.92 Å². The van der Waals surface area contributed by atoms with Crippen LogP contribution in [0.25, 0.3) is 11.2 Å². The number of fused-ring (bicyclic) bond motifs is 1. The van der Waals surface area contributed by atoms with Crippen LogP contribution in [0.3, 0.4) is 0 Å². The highest BCUT2D eigenvalue weighted by Gasteiger charge is 2.29. The number of nitrogens with one attached hydrogen (secondary N) is 2. The summed E-state index contributed by atoms with van der Waals surface area (Å²) in [6.45, 7) is 1.82. The number of aromatic nitrogens is 4. The van der Waals surface area contributed by atoms with Gasteiger partial charge in [0.2, 0.25) is 5.91 Å². The van der Waals surface area contributed by atoms with E-state index in [1.807, 2.05) is 52.1 Å². The first-order valence-corrected chi connectivity index (χ1v) is 12.7. The van der Waals surface area contributed by atoms with E-state index in [1.165, 1.54) is 13.3 Å². The first kappa shape index (κ1) is 25.0. The maximum atomic E-state index is 12.4. The lowest BCUT2D eigenvalue weighted by molar-refractivity contribution is -0.125. The van der Waals surface area contributed by atoms with Crippen molar-refractivity contribution in [3.8, 4) is 0 Å². The molecule has 1 amide bonds. The zero-order valence-corrected chi connectivity index (χ0v) is 20.0. The summed E-state index contributed by atoms with van der Waals surface area (Å²) in [5.41, 5.74) is 10.6. The zero-order valence-electron chi connectivity index (χ0n) is 19.2. The highest BCUT2D eigenvalue weighted by atomic mass is 31.2. The molecule has 0 saturated carbocycles. The molecule has 3 aromatic rings. The van der Waals surface area contributed by atoms with E-state index in [4.69, 9.17) is 15.1 Å². The van der Waals surface area contributed by atoms with Crippen molar-refractivity contribution in [2.75, 3.05) is 18.9 Å². The summed E-state index contributed by atoms with van der Waals surface area (Å²) >= 11 is 0. The molecule has 1 aliphatic carbocycles. The summed E-state index contributed by atoms with van der Waals surface area (Å²) in [5.74, 6) is -0.540. The predicted molar refractivity (Wildman–Crippen MR) is 129 cm³/mol. The van der Waals surface area contributed by atoms with Crippen LogP contribution in [0.5, 0.6) is 0 Å². The minimum absolute atomic E-state index is 0.0415. The number of hydrogen-bond donors (Lipinski definition) is 4. The zero-order chi connectivity index (χ0) is 24.8. The molecule has 186 valence electrons. The SMILES string of the molecule is C[C@H](NOCCc1ccccc1)C(=O)NP(=O)(O)OC[C@H]1C=C[C@@H](n2cnc3c(N)ncnc32)C1. The number of allylic oxidation sites excluding steroid dienone is 1. The summed E-state index contributed by atoms with van der Waals surface area (Å²) in [6, 6.07) is 8.83. The van der Waals surface area contributed by atoms with Crippen LogP contribution in [0.1, 0.15) is 24.9 Å². The Bertz CT molecular complexity index is 1240. The van der Waals surface area contributed by atoms with E-state index in [-0.39, 0.29) is 18.6 Å². The van der Waals surface area contributed by atoms with E-state index < -0.39 is 19.7 Å². The van der Waals surface area contributed by atoms with E-state index in [9.17, 15) is 14.3 Å². The molecule has 0 saturated heterocycles. The van der Waals surface area contributed by atoms with Gasteiger partial charge in [-0.2, -0.15) is 5.48 Å². The van der Waals surface area contributed by atoms with Gasteiger partial charge in [-0.1, -0.05) is 42.5 Å². The molecule has 2 heterocycles. The molecular formula is C22H28N7O5P. The molecule has 35 heavy (non-hydrogen) atoms.